The lowest BCUT2D eigenvalue weighted by Gasteiger charge is -2.37. The lowest BCUT2D eigenvalue weighted by Crippen LogP contribution is -2.49. The molecule has 0 aliphatic carbocycles. The molecule has 4 aromatic carbocycles. The molecule has 0 aliphatic rings. The van der Waals surface area contributed by atoms with E-state index in [0.717, 1.165) is 42.5 Å². The molecule has 0 aliphatic heterocycles. The van der Waals surface area contributed by atoms with E-state index in [0.29, 0.717) is 11.6 Å². The fraction of sp³-hybridized carbons (Fsp3) is 0.242. The molecule has 250 valence electrons. The number of carbonyl (C=O) groups is 1. The van der Waals surface area contributed by atoms with Crippen molar-refractivity contribution >= 4 is 5.91 Å². The van der Waals surface area contributed by atoms with Gasteiger partial charge in [0.25, 0.3) is 5.91 Å². The number of alkyl halides is 7. The second-order valence-corrected chi connectivity index (χ2v) is 10.5. The fourth-order valence-corrected chi connectivity index (χ4v) is 4.74. The van der Waals surface area contributed by atoms with Gasteiger partial charge >= 0.3 is 18.9 Å². The van der Waals surface area contributed by atoms with Crippen LogP contribution in [0.3, 0.4) is 0 Å². The third kappa shape index (κ3) is 8.89. The highest BCUT2D eigenvalue weighted by Gasteiger charge is 2.45. The van der Waals surface area contributed by atoms with Crippen LogP contribution in [0.4, 0.5) is 39.5 Å². The second-order valence-electron chi connectivity index (χ2n) is 10.5. The molecule has 0 spiro atoms. The monoisotopic (exact) mass is 671 g/mol. The van der Waals surface area contributed by atoms with Crippen molar-refractivity contribution in [2.45, 2.75) is 50.8 Å². The van der Waals surface area contributed by atoms with E-state index in [4.69, 9.17) is 4.74 Å². The zero-order chi connectivity index (χ0) is 34.6. The van der Waals surface area contributed by atoms with E-state index in [1.54, 1.807) is 44.2 Å². The number of amides is 1. The highest BCUT2D eigenvalue weighted by molar-refractivity contribution is 5.95. The van der Waals surface area contributed by atoms with Crippen molar-refractivity contribution in [2.75, 3.05) is 0 Å². The maximum atomic E-state index is 15.1. The summed E-state index contributed by atoms with van der Waals surface area (Å²) in [5, 5.41) is 2.65. The minimum Gasteiger partial charge on any atom is -0.488 e. The van der Waals surface area contributed by atoms with Gasteiger partial charge in [-0.3, -0.25) is 4.79 Å². The Balaban J connectivity index is 1.98. The van der Waals surface area contributed by atoms with Crippen molar-refractivity contribution in [3.05, 3.63) is 125 Å². The molecule has 47 heavy (non-hydrogen) atoms. The molecule has 5 nitrogen and oxygen atoms in total. The second kappa shape index (κ2) is 13.9. The standard InChI is InChI=1S/C33H26F9NO4/c1-19(2)45-28-16-22(11-12-27(28)35)31(18-20-7-4-3-5-8-20,23-14-24(34)17-26(15-23)46-32(38,39)30(36)37)43-29(44)21-9-6-10-25(13-21)47-33(40,41)42/h3-17,19,30H,18H2,1-2H3,(H,43,44)/t31-/m1/s1. The molecule has 0 aromatic heterocycles. The highest BCUT2D eigenvalue weighted by Crippen LogP contribution is 2.40. The Labute approximate surface area is 262 Å². The number of rotatable bonds is 12. The van der Waals surface area contributed by atoms with Crippen molar-refractivity contribution in [2.24, 2.45) is 0 Å². The van der Waals surface area contributed by atoms with Crippen LogP contribution >= 0.6 is 0 Å². The maximum absolute atomic E-state index is 15.1. The summed E-state index contributed by atoms with van der Waals surface area (Å²) in [5.41, 5.74) is -2.32. The third-order valence-corrected chi connectivity index (χ3v) is 6.63. The molecule has 1 amide bonds. The van der Waals surface area contributed by atoms with E-state index in [1.165, 1.54) is 12.1 Å². The molecule has 0 fully saturated rings. The van der Waals surface area contributed by atoms with Gasteiger partial charge in [-0.05, 0) is 73.0 Å². The first-order valence-corrected chi connectivity index (χ1v) is 13.8. The summed E-state index contributed by atoms with van der Waals surface area (Å²) < 4.78 is 136. The van der Waals surface area contributed by atoms with Gasteiger partial charge in [0.05, 0.1) is 11.6 Å². The molecular formula is C33H26F9NO4. The van der Waals surface area contributed by atoms with Crippen molar-refractivity contribution in [3.63, 3.8) is 0 Å². The van der Waals surface area contributed by atoms with Crippen LogP contribution in [-0.4, -0.2) is 30.9 Å². The molecule has 0 bridgehead atoms. The SMILES string of the molecule is CC(C)Oc1cc([C@@](Cc2ccccc2)(NC(=O)c2cccc(OC(F)(F)F)c2)c2cc(F)cc(OC(F)(F)C(F)F)c2)ccc1F. The average molecular weight is 672 g/mol. The van der Waals surface area contributed by atoms with Crippen LogP contribution in [0.25, 0.3) is 0 Å². The molecule has 0 saturated carbocycles. The number of hydrogen-bond acceptors (Lipinski definition) is 4. The van der Waals surface area contributed by atoms with Gasteiger partial charge in [-0.15, -0.1) is 13.2 Å². The summed E-state index contributed by atoms with van der Waals surface area (Å²) >= 11 is 0. The molecule has 0 saturated heterocycles. The quantitative estimate of drug-likeness (QED) is 0.153. The number of nitrogens with one attached hydrogen (secondary N) is 1. The van der Waals surface area contributed by atoms with E-state index in [-0.39, 0.29) is 28.9 Å². The van der Waals surface area contributed by atoms with Crippen molar-refractivity contribution < 1.29 is 58.5 Å². The third-order valence-electron chi connectivity index (χ3n) is 6.63. The van der Waals surface area contributed by atoms with E-state index in [2.05, 4.69) is 14.8 Å². The zero-order valence-electron chi connectivity index (χ0n) is 24.6. The molecule has 4 aromatic rings. The Kier molecular flexibility index (Phi) is 10.3. The summed E-state index contributed by atoms with van der Waals surface area (Å²) in [5.74, 6) is -5.24. The molecule has 1 atom stereocenters. The zero-order valence-corrected chi connectivity index (χ0v) is 24.6. The van der Waals surface area contributed by atoms with Crippen LogP contribution in [0.15, 0.2) is 91.0 Å². The molecule has 0 unspecified atom stereocenters. The van der Waals surface area contributed by atoms with Crippen molar-refractivity contribution in [1.29, 1.82) is 0 Å². The Morgan fingerprint density at radius 2 is 1.47 bits per heavy atom. The summed E-state index contributed by atoms with van der Waals surface area (Å²) in [6, 6.07) is 17.4. The first-order chi connectivity index (χ1) is 22.0. The van der Waals surface area contributed by atoms with Gasteiger partial charge in [-0.2, -0.15) is 17.6 Å². The summed E-state index contributed by atoms with van der Waals surface area (Å²) in [6.07, 6.45) is -15.3. The Morgan fingerprint density at radius 3 is 2.11 bits per heavy atom. The van der Waals surface area contributed by atoms with Gasteiger partial charge in [0.1, 0.15) is 17.3 Å². The number of hydrogen-bond donors (Lipinski definition) is 1. The van der Waals surface area contributed by atoms with E-state index >= 15 is 4.39 Å². The van der Waals surface area contributed by atoms with Gasteiger partial charge in [-0.25, -0.2) is 8.78 Å². The van der Waals surface area contributed by atoms with Gasteiger partial charge in [0.15, 0.2) is 11.6 Å². The minimum absolute atomic E-state index is 0.00776. The molecule has 1 N–H and O–H groups in total. The molecular weight excluding hydrogens is 645 g/mol. The average Bonchev–Trinajstić information content (AvgIpc) is 2.97. The highest BCUT2D eigenvalue weighted by atomic mass is 19.4. The predicted octanol–water partition coefficient (Wildman–Crippen LogP) is 8.80. The summed E-state index contributed by atoms with van der Waals surface area (Å²) in [7, 11) is 0. The Morgan fingerprint density at radius 1 is 0.766 bits per heavy atom. The number of halogens is 9. The lowest BCUT2D eigenvalue weighted by molar-refractivity contribution is -0.274. The van der Waals surface area contributed by atoms with Crippen molar-refractivity contribution in [3.8, 4) is 17.2 Å². The van der Waals surface area contributed by atoms with Crippen LogP contribution in [0.5, 0.6) is 17.2 Å². The van der Waals surface area contributed by atoms with Gasteiger partial charge in [0.2, 0.25) is 0 Å². The van der Waals surface area contributed by atoms with E-state index < -0.39 is 59.6 Å². The van der Waals surface area contributed by atoms with Crippen LogP contribution in [0, 0.1) is 11.6 Å². The Bertz CT molecular complexity index is 1700. The van der Waals surface area contributed by atoms with E-state index in [1.807, 2.05) is 0 Å². The number of benzene rings is 4. The molecule has 14 heteroatoms. The van der Waals surface area contributed by atoms with Gasteiger partial charge in [0, 0.05) is 18.1 Å². The first kappa shape index (κ1) is 35.0. The number of carbonyl (C=O) groups excluding carboxylic acids is 1. The van der Waals surface area contributed by atoms with Gasteiger partial charge in [-0.1, -0.05) is 42.5 Å². The molecule has 0 radical (unpaired) electrons. The first-order valence-electron chi connectivity index (χ1n) is 13.8. The van der Waals surface area contributed by atoms with Crippen molar-refractivity contribution in [1.82, 2.24) is 5.32 Å². The van der Waals surface area contributed by atoms with Crippen LogP contribution in [0.1, 0.15) is 40.9 Å². The smallest absolute Gasteiger partial charge is 0.488 e. The predicted molar refractivity (Wildman–Crippen MR) is 152 cm³/mol. The molecule has 0 heterocycles. The van der Waals surface area contributed by atoms with Gasteiger partial charge < -0.3 is 19.5 Å². The maximum Gasteiger partial charge on any atom is 0.573 e. The normalized spacial score (nSPS) is 13.3. The number of ether oxygens (including phenoxy) is 3. The molecule has 4 rings (SSSR count). The lowest BCUT2D eigenvalue weighted by atomic mass is 9.77. The minimum atomic E-state index is -5.09. The van der Waals surface area contributed by atoms with Crippen LogP contribution in [-0.2, 0) is 12.0 Å². The van der Waals surface area contributed by atoms with E-state index in [9.17, 15) is 39.9 Å². The largest absolute Gasteiger partial charge is 0.573 e. The summed E-state index contributed by atoms with van der Waals surface area (Å²) in [6.45, 7) is 3.20. The summed E-state index contributed by atoms with van der Waals surface area (Å²) in [4.78, 5) is 13.8. The van der Waals surface area contributed by atoms with Crippen LogP contribution < -0.4 is 19.5 Å². The Hall–Kier alpha value is -4.88. The fourth-order valence-electron chi connectivity index (χ4n) is 4.74. The topological polar surface area (TPSA) is 56.8 Å². The van der Waals surface area contributed by atoms with Crippen LogP contribution in [0.2, 0.25) is 0 Å².